The average Bonchev–Trinajstić information content (AvgIpc) is 2.37. The van der Waals surface area contributed by atoms with E-state index in [2.05, 4.69) is 41.0 Å². The number of benzene rings is 1. The first-order valence-electron chi connectivity index (χ1n) is 6.61. The van der Waals surface area contributed by atoms with Gasteiger partial charge in [-0.2, -0.15) is 0 Å². The van der Waals surface area contributed by atoms with E-state index in [9.17, 15) is 4.79 Å². The van der Waals surface area contributed by atoms with Crippen molar-refractivity contribution in [1.29, 1.82) is 0 Å². The summed E-state index contributed by atoms with van der Waals surface area (Å²) in [6.45, 7) is 2.94. The Morgan fingerprint density at radius 2 is 1.79 bits per heavy atom. The number of rotatable bonds is 7. The normalized spacial score (nSPS) is 12.5. The maximum Gasteiger partial charge on any atom is 0.303 e. The first-order chi connectivity index (χ1) is 8.91. The zero-order chi connectivity index (χ0) is 14.4. The second-order valence-electron chi connectivity index (χ2n) is 5.14. The van der Waals surface area contributed by atoms with Crippen LogP contribution in [0.1, 0.15) is 31.4 Å². The SMILES string of the molecule is CC(c1ccc(N(C)C)cc1)N(C)CCCC(=O)O. The molecule has 0 saturated heterocycles. The molecule has 0 aliphatic rings. The number of aliphatic carboxylic acids is 1. The van der Waals surface area contributed by atoms with Crippen molar-refractivity contribution in [2.24, 2.45) is 0 Å². The molecule has 0 fully saturated rings. The van der Waals surface area contributed by atoms with E-state index in [1.807, 2.05) is 21.1 Å². The van der Waals surface area contributed by atoms with Crippen LogP contribution in [0.2, 0.25) is 0 Å². The number of hydrogen-bond donors (Lipinski definition) is 1. The van der Waals surface area contributed by atoms with E-state index in [1.54, 1.807) is 0 Å². The van der Waals surface area contributed by atoms with E-state index in [0.29, 0.717) is 12.5 Å². The van der Waals surface area contributed by atoms with Gasteiger partial charge in [0.25, 0.3) is 0 Å². The Morgan fingerprint density at radius 1 is 1.21 bits per heavy atom. The Bertz CT molecular complexity index is 401. The molecule has 1 rings (SSSR count). The van der Waals surface area contributed by atoms with Crippen LogP contribution >= 0.6 is 0 Å². The van der Waals surface area contributed by atoms with Gasteiger partial charge in [0.1, 0.15) is 0 Å². The third-order valence-electron chi connectivity index (χ3n) is 3.45. The van der Waals surface area contributed by atoms with E-state index >= 15 is 0 Å². The van der Waals surface area contributed by atoms with Crippen molar-refractivity contribution in [3.63, 3.8) is 0 Å². The number of hydrogen-bond acceptors (Lipinski definition) is 3. The minimum absolute atomic E-state index is 0.233. The molecule has 1 aromatic carbocycles. The molecular formula is C15H24N2O2. The van der Waals surface area contributed by atoms with Gasteiger partial charge < -0.3 is 10.0 Å². The molecular weight excluding hydrogens is 240 g/mol. The van der Waals surface area contributed by atoms with E-state index < -0.39 is 5.97 Å². The lowest BCUT2D eigenvalue weighted by atomic mass is 10.1. The van der Waals surface area contributed by atoms with Crippen molar-refractivity contribution in [2.45, 2.75) is 25.8 Å². The smallest absolute Gasteiger partial charge is 0.303 e. The van der Waals surface area contributed by atoms with Gasteiger partial charge in [-0.3, -0.25) is 9.69 Å². The Balaban J connectivity index is 2.56. The van der Waals surface area contributed by atoms with Crippen LogP contribution in [0.25, 0.3) is 0 Å². The van der Waals surface area contributed by atoms with Gasteiger partial charge in [0.2, 0.25) is 0 Å². The summed E-state index contributed by atoms with van der Waals surface area (Å²) < 4.78 is 0. The first-order valence-corrected chi connectivity index (χ1v) is 6.61. The molecule has 0 bridgehead atoms. The van der Waals surface area contributed by atoms with Crippen molar-refractivity contribution in [2.75, 3.05) is 32.6 Å². The summed E-state index contributed by atoms with van der Waals surface area (Å²) in [7, 11) is 6.08. The summed E-state index contributed by atoms with van der Waals surface area (Å²) >= 11 is 0. The molecule has 0 heterocycles. The number of nitrogens with zero attached hydrogens (tertiary/aromatic N) is 2. The monoisotopic (exact) mass is 264 g/mol. The first kappa shape index (κ1) is 15.5. The molecule has 0 aliphatic heterocycles. The van der Waals surface area contributed by atoms with E-state index in [4.69, 9.17) is 5.11 Å². The lowest BCUT2D eigenvalue weighted by Crippen LogP contribution is -2.24. The van der Waals surface area contributed by atoms with Crippen LogP contribution in [0.5, 0.6) is 0 Å². The van der Waals surface area contributed by atoms with Gasteiger partial charge >= 0.3 is 5.97 Å². The number of carboxylic acids is 1. The van der Waals surface area contributed by atoms with Crippen molar-refractivity contribution in [1.82, 2.24) is 4.90 Å². The highest BCUT2D eigenvalue weighted by Gasteiger charge is 2.11. The van der Waals surface area contributed by atoms with Crippen molar-refractivity contribution in [3.05, 3.63) is 29.8 Å². The molecule has 0 amide bonds. The number of carboxylic acid groups (broad SMARTS) is 1. The number of anilines is 1. The van der Waals surface area contributed by atoms with Gasteiger partial charge in [0.05, 0.1) is 0 Å². The molecule has 0 saturated carbocycles. The summed E-state index contributed by atoms with van der Waals surface area (Å²) in [4.78, 5) is 14.8. The molecule has 1 unspecified atom stereocenters. The quantitative estimate of drug-likeness (QED) is 0.822. The molecule has 4 nitrogen and oxygen atoms in total. The second-order valence-corrected chi connectivity index (χ2v) is 5.14. The maximum absolute atomic E-state index is 10.5. The standard InChI is InChI=1S/C15H24N2O2/c1-12(17(4)11-5-6-15(18)19)13-7-9-14(10-8-13)16(2)3/h7-10,12H,5-6,11H2,1-4H3,(H,18,19). The average molecular weight is 264 g/mol. The number of carbonyl (C=O) groups is 1. The predicted molar refractivity (Wildman–Crippen MR) is 78.7 cm³/mol. The third-order valence-corrected chi connectivity index (χ3v) is 3.45. The maximum atomic E-state index is 10.5. The molecule has 106 valence electrons. The fourth-order valence-corrected chi connectivity index (χ4v) is 1.98. The molecule has 0 aromatic heterocycles. The summed E-state index contributed by atoms with van der Waals surface area (Å²) in [6.07, 6.45) is 0.919. The highest BCUT2D eigenvalue weighted by molar-refractivity contribution is 5.66. The van der Waals surface area contributed by atoms with Crippen molar-refractivity contribution in [3.8, 4) is 0 Å². The van der Waals surface area contributed by atoms with E-state index in [1.165, 1.54) is 11.3 Å². The zero-order valence-corrected chi connectivity index (χ0v) is 12.3. The minimum Gasteiger partial charge on any atom is -0.481 e. The van der Waals surface area contributed by atoms with Gasteiger partial charge in [0, 0.05) is 32.2 Å². The van der Waals surface area contributed by atoms with Crippen LogP contribution < -0.4 is 4.90 Å². The summed E-state index contributed by atoms with van der Waals surface area (Å²) in [5.41, 5.74) is 2.44. The fourth-order valence-electron chi connectivity index (χ4n) is 1.98. The Labute approximate surface area is 115 Å². The van der Waals surface area contributed by atoms with Crippen LogP contribution in [0.3, 0.4) is 0 Å². The Hall–Kier alpha value is -1.55. The van der Waals surface area contributed by atoms with Gasteiger partial charge in [-0.15, -0.1) is 0 Å². The largest absolute Gasteiger partial charge is 0.481 e. The van der Waals surface area contributed by atoms with Gasteiger partial charge in [-0.25, -0.2) is 0 Å². The van der Waals surface area contributed by atoms with Crippen LogP contribution in [0, 0.1) is 0 Å². The molecule has 4 heteroatoms. The van der Waals surface area contributed by atoms with E-state index in [-0.39, 0.29) is 6.42 Å². The molecule has 1 N–H and O–H groups in total. The molecule has 19 heavy (non-hydrogen) atoms. The summed E-state index contributed by atoms with van der Waals surface area (Å²) in [5.74, 6) is -0.726. The minimum atomic E-state index is -0.726. The molecule has 0 radical (unpaired) electrons. The summed E-state index contributed by atoms with van der Waals surface area (Å²) in [5, 5.41) is 8.64. The molecule has 0 aliphatic carbocycles. The van der Waals surface area contributed by atoms with Crippen LogP contribution in [-0.2, 0) is 4.79 Å². The summed E-state index contributed by atoms with van der Waals surface area (Å²) in [6, 6.07) is 8.78. The lowest BCUT2D eigenvalue weighted by Gasteiger charge is -2.25. The second kappa shape index (κ2) is 7.14. The highest BCUT2D eigenvalue weighted by atomic mass is 16.4. The third kappa shape index (κ3) is 4.91. The van der Waals surface area contributed by atoms with Crippen molar-refractivity contribution < 1.29 is 9.90 Å². The predicted octanol–water partition coefficient (Wildman–Crippen LogP) is 2.61. The van der Waals surface area contributed by atoms with Crippen molar-refractivity contribution >= 4 is 11.7 Å². The van der Waals surface area contributed by atoms with Gasteiger partial charge in [-0.05, 0) is 44.6 Å². The van der Waals surface area contributed by atoms with Crippen LogP contribution in [0.4, 0.5) is 5.69 Å². The topological polar surface area (TPSA) is 43.8 Å². The lowest BCUT2D eigenvalue weighted by molar-refractivity contribution is -0.137. The Kier molecular flexibility index (Phi) is 5.83. The molecule has 0 spiro atoms. The van der Waals surface area contributed by atoms with Crippen LogP contribution in [-0.4, -0.2) is 43.7 Å². The fraction of sp³-hybridized carbons (Fsp3) is 0.533. The molecule has 1 atom stereocenters. The van der Waals surface area contributed by atoms with Gasteiger partial charge in [-0.1, -0.05) is 12.1 Å². The van der Waals surface area contributed by atoms with E-state index in [0.717, 1.165) is 6.54 Å². The van der Waals surface area contributed by atoms with Crippen LogP contribution in [0.15, 0.2) is 24.3 Å². The Morgan fingerprint density at radius 3 is 2.26 bits per heavy atom. The molecule has 1 aromatic rings. The van der Waals surface area contributed by atoms with Gasteiger partial charge in [0.15, 0.2) is 0 Å². The zero-order valence-electron chi connectivity index (χ0n) is 12.3. The highest BCUT2D eigenvalue weighted by Crippen LogP contribution is 2.21.